The molecular formula is C13H17N3S. The Balaban J connectivity index is 2.04. The van der Waals surface area contributed by atoms with Crippen LogP contribution in [0.3, 0.4) is 0 Å². The molecule has 1 atom stereocenters. The highest BCUT2D eigenvalue weighted by Crippen LogP contribution is 2.31. The van der Waals surface area contributed by atoms with E-state index in [0.717, 1.165) is 17.2 Å². The topological polar surface area (TPSA) is 29.0 Å². The van der Waals surface area contributed by atoms with Crippen molar-refractivity contribution < 1.29 is 0 Å². The van der Waals surface area contributed by atoms with E-state index in [-0.39, 0.29) is 0 Å². The molecule has 0 saturated carbocycles. The van der Waals surface area contributed by atoms with Crippen molar-refractivity contribution >= 4 is 27.4 Å². The van der Waals surface area contributed by atoms with E-state index in [1.807, 2.05) is 0 Å². The SMILES string of the molecule is CC[C@H]1CCCCN1c1ncnc2sccc12. The van der Waals surface area contributed by atoms with Crippen LogP contribution in [0.5, 0.6) is 0 Å². The van der Waals surface area contributed by atoms with Crippen LogP contribution in [0, 0.1) is 0 Å². The van der Waals surface area contributed by atoms with Gasteiger partial charge >= 0.3 is 0 Å². The summed E-state index contributed by atoms with van der Waals surface area (Å²) in [6.45, 7) is 3.41. The lowest BCUT2D eigenvalue weighted by Gasteiger charge is -2.36. The third-order valence-electron chi connectivity index (χ3n) is 3.61. The van der Waals surface area contributed by atoms with Gasteiger partial charge in [-0.3, -0.25) is 0 Å². The first-order valence-electron chi connectivity index (χ1n) is 6.35. The Morgan fingerprint density at radius 3 is 3.24 bits per heavy atom. The lowest BCUT2D eigenvalue weighted by atomic mass is 10.00. The van der Waals surface area contributed by atoms with E-state index in [9.17, 15) is 0 Å². The molecule has 90 valence electrons. The Labute approximate surface area is 106 Å². The number of rotatable bonds is 2. The van der Waals surface area contributed by atoms with Crippen LogP contribution in [0.4, 0.5) is 5.82 Å². The second kappa shape index (κ2) is 4.61. The summed E-state index contributed by atoms with van der Waals surface area (Å²) in [4.78, 5) is 12.4. The molecule has 0 N–H and O–H groups in total. The quantitative estimate of drug-likeness (QED) is 0.813. The van der Waals surface area contributed by atoms with Crippen LogP contribution in [0.25, 0.3) is 10.2 Å². The molecule has 3 nitrogen and oxygen atoms in total. The number of fused-ring (bicyclic) bond motifs is 1. The highest BCUT2D eigenvalue weighted by atomic mass is 32.1. The van der Waals surface area contributed by atoms with E-state index < -0.39 is 0 Å². The largest absolute Gasteiger partial charge is 0.353 e. The molecule has 3 heterocycles. The number of piperidine rings is 1. The molecule has 4 heteroatoms. The fraction of sp³-hybridized carbons (Fsp3) is 0.538. The Morgan fingerprint density at radius 2 is 2.35 bits per heavy atom. The Bertz CT molecular complexity index is 508. The van der Waals surface area contributed by atoms with Crippen LogP contribution >= 0.6 is 11.3 Å². The minimum Gasteiger partial charge on any atom is -0.353 e. The van der Waals surface area contributed by atoms with Gasteiger partial charge in [0.2, 0.25) is 0 Å². The molecule has 1 aliphatic rings. The molecular weight excluding hydrogens is 230 g/mol. The molecule has 2 aromatic rings. The molecule has 1 saturated heterocycles. The van der Waals surface area contributed by atoms with E-state index in [1.54, 1.807) is 17.7 Å². The summed E-state index contributed by atoms with van der Waals surface area (Å²) in [5, 5.41) is 3.33. The summed E-state index contributed by atoms with van der Waals surface area (Å²) >= 11 is 1.70. The number of anilines is 1. The molecule has 0 aliphatic carbocycles. The minimum atomic E-state index is 0.654. The van der Waals surface area contributed by atoms with E-state index in [4.69, 9.17) is 0 Å². The summed E-state index contributed by atoms with van der Waals surface area (Å²) in [5.74, 6) is 1.14. The van der Waals surface area contributed by atoms with E-state index >= 15 is 0 Å². The Morgan fingerprint density at radius 1 is 1.41 bits per heavy atom. The molecule has 0 radical (unpaired) electrons. The van der Waals surface area contributed by atoms with Crippen molar-refractivity contribution in [2.45, 2.75) is 38.6 Å². The van der Waals surface area contributed by atoms with Gasteiger partial charge in [-0.15, -0.1) is 11.3 Å². The molecule has 0 aromatic carbocycles. The minimum absolute atomic E-state index is 0.654. The van der Waals surface area contributed by atoms with Crippen LogP contribution in [0.1, 0.15) is 32.6 Å². The molecule has 0 spiro atoms. The van der Waals surface area contributed by atoms with Crippen LogP contribution < -0.4 is 4.90 Å². The van der Waals surface area contributed by atoms with Crippen LogP contribution in [-0.2, 0) is 0 Å². The molecule has 0 amide bonds. The number of hydrogen-bond donors (Lipinski definition) is 0. The maximum absolute atomic E-state index is 4.52. The van der Waals surface area contributed by atoms with Gasteiger partial charge in [-0.25, -0.2) is 9.97 Å². The molecule has 0 bridgehead atoms. The third kappa shape index (κ3) is 1.90. The maximum atomic E-state index is 4.52. The van der Waals surface area contributed by atoms with Gasteiger partial charge in [0.1, 0.15) is 17.0 Å². The predicted octanol–water partition coefficient (Wildman–Crippen LogP) is 3.46. The van der Waals surface area contributed by atoms with Crippen LogP contribution in [0.15, 0.2) is 17.8 Å². The predicted molar refractivity (Wildman–Crippen MR) is 72.7 cm³/mol. The first-order valence-corrected chi connectivity index (χ1v) is 7.23. The van der Waals surface area contributed by atoms with Crippen molar-refractivity contribution in [1.29, 1.82) is 0 Å². The highest BCUT2D eigenvalue weighted by Gasteiger charge is 2.23. The first kappa shape index (κ1) is 11.0. The monoisotopic (exact) mass is 247 g/mol. The van der Waals surface area contributed by atoms with Crippen molar-refractivity contribution in [2.75, 3.05) is 11.4 Å². The van der Waals surface area contributed by atoms with Crippen molar-refractivity contribution in [3.8, 4) is 0 Å². The number of hydrogen-bond acceptors (Lipinski definition) is 4. The molecule has 1 fully saturated rings. The summed E-state index contributed by atoms with van der Waals surface area (Å²) in [5.41, 5.74) is 0. The van der Waals surface area contributed by atoms with Crippen molar-refractivity contribution in [3.05, 3.63) is 17.8 Å². The Kier molecular flexibility index (Phi) is 2.97. The lowest BCUT2D eigenvalue weighted by Crippen LogP contribution is -2.39. The van der Waals surface area contributed by atoms with Gasteiger partial charge in [0.25, 0.3) is 0 Å². The molecule has 2 aromatic heterocycles. The highest BCUT2D eigenvalue weighted by molar-refractivity contribution is 7.16. The number of nitrogens with zero attached hydrogens (tertiary/aromatic N) is 3. The van der Waals surface area contributed by atoms with Gasteiger partial charge < -0.3 is 4.90 Å². The zero-order valence-corrected chi connectivity index (χ0v) is 10.9. The molecule has 0 unspecified atom stereocenters. The zero-order valence-electron chi connectivity index (χ0n) is 10.1. The summed E-state index contributed by atoms with van der Waals surface area (Å²) in [6, 6.07) is 2.80. The average molecular weight is 247 g/mol. The van der Waals surface area contributed by atoms with E-state index in [2.05, 4.69) is 33.2 Å². The normalized spacial score (nSPS) is 21.0. The molecule has 17 heavy (non-hydrogen) atoms. The van der Waals surface area contributed by atoms with E-state index in [0.29, 0.717) is 6.04 Å². The molecule has 3 rings (SSSR count). The standard InChI is InChI=1S/C13H17N3S/c1-2-10-5-3-4-7-16(10)12-11-6-8-17-13(11)15-9-14-12/h6,8-10H,2-5,7H2,1H3/t10-/m0/s1. The summed E-state index contributed by atoms with van der Waals surface area (Å²) in [6.07, 6.45) is 6.84. The maximum Gasteiger partial charge on any atom is 0.141 e. The van der Waals surface area contributed by atoms with Crippen molar-refractivity contribution in [3.63, 3.8) is 0 Å². The second-order valence-electron chi connectivity index (χ2n) is 4.59. The van der Waals surface area contributed by atoms with Gasteiger partial charge in [-0.2, -0.15) is 0 Å². The lowest BCUT2D eigenvalue weighted by molar-refractivity contribution is 0.448. The van der Waals surface area contributed by atoms with Crippen LogP contribution in [0.2, 0.25) is 0 Å². The van der Waals surface area contributed by atoms with E-state index in [1.165, 1.54) is 31.1 Å². The average Bonchev–Trinajstić information content (AvgIpc) is 2.86. The van der Waals surface area contributed by atoms with Gasteiger partial charge in [-0.1, -0.05) is 6.92 Å². The van der Waals surface area contributed by atoms with Gasteiger partial charge in [0.15, 0.2) is 0 Å². The summed E-state index contributed by atoms with van der Waals surface area (Å²) < 4.78 is 0. The fourth-order valence-corrected chi connectivity index (χ4v) is 3.44. The fourth-order valence-electron chi connectivity index (χ4n) is 2.71. The summed E-state index contributed by atoms with van der Waals surface area (Å²) in [7, 11) is 0. The Hall–Kier alpha value is -1.16. The van der Waals surface area contributed by atoms with Gasteiger partial charge in [-0.05, 0) is 37.1 Å². The first-order chi connectivity index (χ1) is 8.40. The van der Waals surface area contributed by atoms with Crippen molar-refractivity contribution in [1.82, 2.24) is 9.97 Å². The van der Waals surface area contributed by atoms with Crippen molar-refractivity contribution in [2.24, 2.45) is 0 Å². The zero-order chi connectivity index (χ0) is 11.7. The van der Waals surface area contributed by atoms with Gasteiger partial charge in [0.05, 0.1) is 5.39 Å². The molecule has 1 aliphatic heterocycles. The number of thiophene rings is 1. The smallest absolute Gasteiger partial charge is 0.141 e. The van der Waals surface area contributed by atoms with Gasteiger partial charge in [0, 0.05) is 12.6 Å². The number of aromatic nitrogens is 2. The van der Waals surface area contributed by atoms with Crippen LogP contribution in [-0.4, -0.2) is 22.6 Å². The third-order valence-corrected chi connectivity index (χ3v) is 4.43. The second-order valence-corrected chi connectivity index (χ2v) is 5.48.